The maximum absolute atomic E-state index is 4.24. The molecule has 1 aromatic heterocycles. The largest absolute Gasteiger partial charge is 0.359 e. The van der Waals surface area contributed by atoms with E-state index in [2.05, 4.69) is 31.1 Å². The Labute approximate surface area is 90.8 Å². The quantitative estimate of drug-likeness (QED) is 0.776. The highest BCUT2D eigenvalue weighted by molar-refractivity contribution is 7.13. The van der Waals surface area contributed by atoms with Gasteiger partial charge in [-0.3, -0.25) is 0 Å². The Balaban J connectivity index is 2.39. The molecule has 0 aliphatic rings. The van der Waals surface area contributed by atoms with E-state index in [9.17, 15) is 0 Å². The topological polar surface area (TPSA) is 24.9 Å². The average Bonchev–Trinajstić information content (AvgIpc) is 2.69. The van der Waals surface area contributed by atoms with Crippen LogP contribution < -0.4 is 5.32 Å². The summed E-state index contributed by atoms with van der Waals surface area (Å²) in [5.41, 5.74) is 0. The van der Waals surface area contributed by atoms with Crippen molar-refractivity contribution in [3.8, 4) is 0 Å². The second kappa shape index (κ2) is 6.02. The van der Waals surface area contributed by atoms with Crippen LogP contribution in [0.3, 0.4) is 0 Å². The molecule has 2 atom stereocenters. The Morgan fingerprint density at radius 3 is 2.71 bits per heavy atom. The van der Waals surface area contributed by atoms with Gasteiger partial charge in [-0.1, -0.05) is 27.2 Å². The zero-order valence-corrected chi connectivity index (χ0v) is 10.1. The minimum absolute atomic E-state index is 0.580. The number of hydrogen-bond acceptors (Lipinski definition) is 3. The first-order valence-electron chi connectivity index (χ1n) is 5.42. The molecule has 1 N–H and O–H groups in total. The molecular weight excluding hydrogens is 192 g/mol. The summed E-state index contributed by atoms with van der Waals surface area (Å²) in [6.45, 7) is 6.79. The molecule has 0 aromatic carbocycles. The van der Waals surface area contributed by atoms with Crippen LogP contribution >= 0.6 is 11.3 Å². The molecule has 0 aliphatic heterocycles. The van der Waals surface area contributed by atoms with Crippen molar-refractivity contribution >= 4 is 16.5 Å². The van der Waals surface area contributed by atoms with Crippen molar-refractivity contribution in [3.63, 3.8) is 0 Å². The van der Waals surface area contributed by atoms with Gasteiger partial charge in [0.25, 0.3) is 0 Å². The van der Waals surface area contributed by atoms with Crippen molar-refractivity contribution in [2.75, 3.05) is 5.32 Å². The molecule has 0 radical (unpaired) electrons. The first-order valence-corrected chi connectivity index (χ1v) is 6.30. The van der Waals surface area contributed by atoms with E-state index in [4.69, 9.17) is 0 Å². The highest BCUT2D eigenvalue weighted by Crippen LogP contribution is 2.18. The molecule has 0 aliphatic carbocycles. The summed E-state index contributed by atoms with van der Waals surface area (Å²) >= 11 is 1.68. The van der Waals surface area contributed by atoms with E-state index < -0.39 is 0 Å². The molecule has 2 nitrogen and oxygen atoms in total. The van der Waals surface area contributed by atoms with E-state index in [-0.39, 0.29) is 0 Å². The molecule has 1 heterocycles. The lowest BCUT2D eigenvalue weighted by Crippen LogP contribution is -2.21. The standard InChI is InChI=1S/C11H20N2S/c1-4-9(3)8-10(5-2)13-11-12-6-7-14-11/h6-7,9-10H,4-5,8H2,1-3H3,(H,12,13). The van der Waals surface area contributed by atoms with Crippen LogP contribution in [0.1, 0.15) is 40.0 Å². The van der Waals surface area contributed by atoms with Crippen molar-refractivity contribution in [1.29, 1.82) is 0 Å². The number of anilines is 1. The fourth-order valence-corrected chi connectivity index (χ4v) is 2.06. The van der Waals surface area contributed by atoms with Gasteiger partial charge >= 0.3 is 0 Å². The third kappa shape index (κ3) is 3.66. The van der Waals surface area contributed by atoms with Crippen molar-refractivity contribution in [2.45, 2.75) is 46.1 Å². The lowest BCUT2D eigenvalue weighted by atomic mass is 9.98. The second-order valence-corrected chi connectivity index (χ2v) is 4.73. The Kier molecular flexibility index (Phi) is 4.94. The summed E-state index contributed by atoms with van der Waals surface area (Å²) in [4.78, 5) is 4.24. The highest BCUT2D eigenvalue weighted by atomic mass is 32.1. The molecule has 80 valence electrons. The third-order valence-corrected chi connectivity index (χ3v) is 3.34. The van der Waals surface area contributed by atoms with E-state index in [1.165, 1.54) is 19.3 Å². The number of hydrogen-bond donors (Lipinski definition) is 1. The normalized spacial score (nSPS) is 15.1. The molecule has 0 amide bonds. The smallest absolute Gasteiger partial charge is 0.182 e. The van der Waals surface area contributed by atoms with Gasteiger partial charge in [-0.05, 0) is 18.8 Å². The van der Waals surface area contributed by atoms with Gasteiger partial charge in [0.1, 0.15) is 0 Å². The molecule has 0 bridgehead atoms. The number of thiazole rings is 1. The predicted octanol–water partition coefficient (Wildman–Crippen LogP) is 3.77. The van der Waals surface area contributed by atoms with Gasteiger partial charge in [-0.2, -0.15) is 0 Å². The van der Waals surface area contributed by atoms with Crippen LogP contribution in [0.4, 0.5) is 5.13 Å². The third-order valence-electron chi connectivity index (χ3n) is 2.64. The highest BCUT2D eigenvalue weighted by Gasteiger charge is 2.10. The molecular formula is C11H20N2S. The first-order chi connectivity index (χ1) is 6.76. The average molecular weight is 212 g/mol. The minimum atomic E-state index is 0.580. The number of nitrogens with one attached hydrogen (secondary N) is 1. The van der Waals surface area contributed by atoms with E-state index in [0.29, 0.717) is 6.04 Å². The summed E-state index contributed by atoms with van der Waals surface area (Å²) in [6, 6.07) is 0.580. The molecule has 2 unspecified atom stereocenters. The molecule has 0 saturated heterocycles. The summed E-state index contributed by atoms with van der Waals surface area (Å²) in [5.74, 6) is 0.799. The summed E-state index contributed by atoms with van der Waals surface area (Å²) in [7, 11) is 0. The Morgan fingerprint density at radius 2 is 2.21 bits per heavy atom. The molecule has 3 heteroatoms. The second-order valence-electron chi connectivity index (χ2n) is 3.84. The SMILES string of the molecule is CCC(C)CC(CC)Nc1nccs1. The van der Waals surface area contributed by atoms with Crippen molar-refractivity contribution < 1.29 is 0 Å². The van der Waals surface area contributed by atoms with Gasteiger partial charge in [0.05, 0.1) is 0 Å². The zero-order chi connectivity index (χ0) is 10.4. The van der Waals surface area contributed by atoms with Crippen LogP contribution in [0, 0.1) is 5.92 Å². The lowest BCUT2D eigenvalue weighted by Gasteiger charge is -2.19. The first kappa shape index (κ1) is 11.5. The minimum Gasteiger partial charge on any atom is -0.359 e. The van der Waals surface area contributed by atoms with E-state index in [1.807, 2.05) is 11.6 Å². The Morgan fingerprint density at radius 1 is 1.43 bits per heavy atom. The van der Waals surface area contributed by atoms with Crippen molar-refractivity contribution in [1.82, 2.24) is 4.98 Å². The van der Waals surface area contributed by atoms with Gasteiger partial charge in [0, 0.05) is 17.6 Å². The van der Waals surface area contributed by atoms with Crippen molar-refractivity contribution in [3.05, 3.63) is 11.6 Å². The van der Waals surface area contributed by atoms with E-state index in [1.54, 1.807) is 11.3 Å². The summed E-state index contributed by atoms with van der Waals surface area (Å²) in [6.07, 6.45) is 5.52. The Bertz CT molecular complexity index is 233. The number of aromatic nitrogens is 1. The van der Waals surface area contributed by atoms with Crippen LogP contribution in [-0.2, 0) is 0 Å². The van der Waals surface area contributed by atoms with Gasteiger partial charge in [-0.25, -0.2) is 4.98 Å². The fraction of sp³-hybridized carbons (Fsp3) is 0.727. The monoisotopic (exact) mass is 212 g/mol. The molecule has 0 fully saturated rings. The maximum Gasteiger partial charge on any atom is 0.182 e. The Hall–Kier alpha value is -0.570. The molecule has 0 spiro atoms. The van der Waals surface area contributed by atoms with Crippen molar-refractivity contribution in [2.24, 2.45) is 5.92 Å². The maximum atomic E-state index is 4.24. The summed E-state index contributed by atoms with van der Waals surface area (Å²) < 4.78 is 0. The number of rotatable bonds is 6. The lowest BCUT2D eigenvalue weighted by molar-refractivity contribution is 0.461. The molecule has 1 rings (SSSR count). The molecule has 0 saturated carbocycles. The fourth-order valence-electron chi connectivity index (χ4n) is 1.45. The van der Waals surface area contributed by atoms with Crippen LogP contribution in [0.2, 0.25) is 0 Å². The van der Waals surface area contributed by atoms with Gasteiger partial charge in [-0.15, -0.1) is 11.3 Å². The summed E-state index contributed by atoms with van der Waals surface area (Å²) in [5, 5.41) is 6.55. The van der Waals surface area contributed by atoms with Gasteiger partial charge in [0.2, 0.25) is 0 Å². The van der Waals surface area contributed by atoms with Crippen LogP contribution in [0.15, 0.2) is 11.6 Å². The van der Waals surface area contributed by atoms with Gasteiger partial charge in [0.15, 0.2) is 5.13 Å². The zero-order valence-electron chi connectivity index (χ0n) is 9.29. The predicted molar refractivity (Wildman–Crippen MR) is 63.9 cm³/mol. The van der Waals surface area contributed by atoms with Crippen LogP contribution in [0.5, 0.6) is 0 Å². The van der Waals surface area contributed by atoms with Gasteiger partial charge < -0.3 is 5.32 Å². The molecule has 1 aromatic rings. The van der Waals surface area contributed by atoms with E-state index in [0.717, 1.165) is 11.0 Å². The molecule has 14 heavy (non-hydrogen) atoms. The van der Waals surface area contributed by atoms with Crippen LogP contribution in [0.25, 0.3) is 0 Å². The van der Waals surface area contributed by atoms with Crippen LogP contribution in [-0.4, -0.2) is 11.0 Å². The number of nitrogens with zero attached hydrogens (tertiary/aromatic N) is 1. The van der Waals surface area contributed by atoms with E-state index >= 15 is 0 Å².